The highest BCUT2D eigenvalue weighted by Crippen LogP contribution is 2.35. The summed E-state index contributed by atoms with van der Waals surface area (Å²) >= 11 is 0. The van der Waals surface area contributed by atoms with Crippen LogP contribution in [0.3, 0.4) is 0 Å². The van der Waals surface area contributed by atoms with Gasteiger partial charge in [0.1, 0.15) is 17.5 Å². The predicted octanol–water partition coefficient (Wildman–Crippen LogP) is 9.09. The first-order chi connectivity index (χ1) is 25.8. The molecule has 0 aromatic heterocycles. The van der Waals surface area contributed by atoms with E-state index in [2.05, 4.69) is 72.8 Å². The van der Waals surface area contributed by atoms with Crippen LogP contribution in [0.5, 0.6) is 0 Å². The quantitative estimate of drug-likeness (QED) is 0.151. The van der Waals surface area contributed by atoms with Gasteiger partial charge in [0, 0.05) is 0 Å². The zero-order valence-corrected chi connectivity index (χ0v) is 28.2. The molecular formula is C45H33N7. The number of nitrogens with zero attached hydrogens (tertiary/aromatic N) is 7. The van der Waals surface area contributed by atoms with Gasteiger partial charge >= 0.3 is 0 Å². The fourth-order valence-electron chi connectivity index (χ4n) is 7.07. The molecule has 0 spiro atoms. The van der Waals surface area contributed by atoms with Crippen LogP contribution >= 0.6 is 0 Å². The lowest BCUT2D eigenvalue weighted by Crippen LogP contribution is -2.49. The monoisotopic (exact) mass is 671 g/mol. The van der Waals surface area contributed by atoms with E-state index in [9.17, 15) is 0 Å². The smallest absolute Gasteiger partial charge is 0.213 e. The maximum atomic E-state index is 5.22. The number of guanidine groups is 3. The molecule has 248 valence electrons. The fraction of sp³-hybridized carbons (Fsp3) is 0.0667. The molecule has 7 nitrogen and oxygen atoms in total. The summed E-state index contributed by atoms with van der Waals surface area (Å²) in [7, 11) is 0. The largest absolute Gasteiger partial charge is 0.243 e. The number of benzene rings is 6. The Balaban J connectivity index is 1.28. The standard InChI is InChI=1S/C45H33N7/c1-7-19-31(20-8-1)37(32-21-9-2-10-22-32)40-46-43-48-41(38(33-23-11-3-12-24-33)34-25-13-4-14-26-34)50-45-51-42(49-44(47-40)52(43)45)39(35-27-15-5-16-28-35)36-29-17-6-18-30-36/h1-30,37-39H. The van der Waals surface area contributed by atoms with Gasteiger partial charge in [0.25, 0.3) is 0 Å². The van der Waals surface area contributed by atoms with Gasteiger partial charge < -0.3 is 0 Å². The van der Waals surface area contributed by atoms with Crippen LogP contribution < -0.4 is 0 Å². The summed E-state index contributed by atoms with van der Waals surface area (Å²) in [6.45, 7) is 0. The minimum absolute atomic E-state index is 0.263. The summed E-state index contributed by atoms with van der Waals surface area (Å²) in [6, 6.07) is 62.1. The topological polar surface area (TPSA) is 77.4 Å². The SMILES string of the molecule is c1ccc(C(C2=NC3=NC(C(c4ccccc4)c4ccccc4)=NC4=NC(C(c5ccccc5)c5ccccc5)=NC(=N2)N34)c2ccccc2)cc1. The van der Waals surface area contributed by atoms with Crippen molar-refractivity contribution in [3.05, 3.63) is 215 Å². The van der Waals surface area contributed by atoms with E-state index in [1.165, 1.54) is 0 Å². The van der Waals surface area contributed by atoms with E-state index < -0.39 is 0 Å². The molecule has 0 amide bonds. The molecule has 0 fully saturated rings. The summed E-state index contributed by atoms with van der Waals surface area (Å²) in [6.07, 6.45) is 0. The molecule has 52 heavy (non-hydrogen) atoms. The normalized spacial score (nSPS) is 14.9. The highest BCUT2D eigenvalue weighted by atomic mass is 15.5. The van der Waals surface area contributed by atoms with Crippen LogP contribution in [0.25, 0.3) is 0 Å². The molecule has 3 heterocycles. The Labute approximate surface area is 302 Å². The summed E-state index contributed by atoms with van der Waals surface area (Å²) < 4.78 is 0. The molecule has 0 aliphatic carbocycles. The van der Waals surface area contributed by atoms with Crippen molar-refractivity contribution in [2.45, 2.75) is 17.8 Å². The number of amidine groups is 3. The van der Waals surface area contributed by atoms with Crippen LogP contribution in [0.2, 0.25) is 0 Å². The Kier molecular flexibility index (Phi) is 8.27. The zero-order valence-electron chi connectivity index (χ0n) is 28.2. The lowest BCUT2D eigenvalue weighted by Gasteiger charge is -2.34. The average Bonchev–Trinajstić information content (AvgIpc) is 3.21. The third-order valence-electron chi connectivity index (χ3n) is 9.46. The van der Waals surface area contributed by atoms with Crippen molar-refractivity contribution >= 4 is 35.4 Å². The second-order valence-corrected chi connectivity index (χ2v) is 12.7. The molecule has 9 rings (SSSR count). The molecule has 7 heteroatoms. The lowest BCUT2D eigenvalue weighted by molar-refractivity contribution is 0.809. The first-order valence-corrected chi connectivity index (χ1v) is 17.4. The van der Waals surface area contributed by atoms with Gasteiger partial charge in [-0.2, -0.15) is 30.0 Å². The summed E-state index contributed by atoms with van der Waals surface area (Å²) in [5.41, 5.74) is 6.43. The molecule has 0 radical (unpaired) electrons. The molecule has 0 N–H and O–H groups in total. The predicted molar refractivity (Wildman–Crippen MR) is 211 cm³/mol. The van der Waals surface area contributed by atoms with Gasteiger partial charge in [-0.3, -0.25) is 0 Å². The molecule has 6 aromatic rings. The van der Waals surface area contributed by atoms with Crippen molar-refractivity contribution in [3.63, 3.8) is 0 Å². The van der Waals surface area contributed by atoms with E-state index in [0.717, 1.165) is 33.4 Å². The Morgan fingerprint density at radius 2 is 0.442 bits per heavy atom. The van der Waals surface area contributed by atoms with Gasteiger partial charge in [0.15, 0.2) is 0 Å². The van der Waals surface area contributed by atoms with E-state index in [4.69, 9.17) is 30.0 Å². The third-order valence-corrected chi connectivity index (χ3v) is 9.46. The number of aliphatic imine (C=N–C) groups is 6. The summed E-state index contributed by atoms with van der Waals surface area (Å²) in [5.74, 6) is 2.33. The van der Waals surface area contributed by atoms with Crippen molar-refractivity contribution in [1.29, 1.82) is 0 Å². The minimum Gasteiger partial charge on any atom is -0.213 e. The Bertz CT molecular complexity index is 1990. The molecule has 3 aliphatic heterocycles. The molecule has 0 unspecified atom stereocenters. The first-order valence-electron chi connectivity index (χ1n) is 17.4. The van der Waals surface area contributed by atoms with Crippen LogP contribution in [0.15, 0.2) is 212 Å². The molecule has 0 atom stereocenters. The van der Waals surface area contributed by atoms with Crippen molar-refractivity contribution in [2.75, 3.05) is 0 Å². The van der Waals surface area contributed by atoms with Gasteiger partial charge in [0.2, 0.25) is 17.9 Å². The second kappa shape index (κ2) is 13.8. The van der Waals surface area contributed by atoms with Crippen molar-refractivity contribution in [3.8, 4) is 0 Å². The highest BCUT2D eigenvalue weighted by molar-refractivity contribution is 6.32. The summed E-state index contributed by atoms with van der Waals surface area (Å²) in [4.78, 5) is 33.1. The van der Waals surface area contributed by atoms with Crippen LogP contribution in [-0.4, -0.2) is 40.3 Å². The number of hydrogen-bond donors (Lipinski definition) is 0. The van der Waals surface area contributed by atoms with E-state index in [0.29, 0.717) is 35.4 Å². The van der Waals surface area contributed by atoms with Gasteiger partial charge in [-0.05, 0) is 33.4 Å². The minimum atomic E-state index is -0.263. The molecule has 3 aliphatic rings. The van der Waals surface area contributed by atoms with Crippen LogP contribution in [-0.2, 0) is 0 Å². The second-order valence-electron chi connectivity index (χ2n) is 12.7. The van der Waals surface area contributed by atoms with E-state index in [1.807, 2.05) is 109 Å². The Morgan fingerprint density at radius 1 is 0.250 bits per heavy atom. The number of rotatable bonds is 9. The van der Waals surface area contributed by atoms with Crippen LogP contribution in [0.1, 0.15) is 51.1 Å². The molecule has 0 bridgehead atoms. The Hall–Kier alpha value is -6.86. The van der Waals surface area contributed by atoms with Gasteiger partial charge in [0.05, 0.1) is 17.8 Å². The van der Waals surface area contributed by atoms with Crippen molar-refractivity contribution in [1.82, 2.24) is 4.90 Å². The first kappa shape index (κ1) is 31.1. The van der Waals surface area contributed by atoms with Gasteiger partial charge in [-0.1, -0.05) is 182 Å². The van der Waals surface area contributed by atoms with E-state index in [1.54, 1.807) is 4.90 Å². The van der Waals surface area contributed by atoms with Crippen LogP contribution in [0, 0.1) is 0 Å². The molecule has 0 saturated heterocycles. The van der Waals surface area contributed by atoms with E-state index >= 15 is 0 Å². The van der Waals surface area contributed by atoms with Crippen molar-refractivity contribution in [2.24, 2.45) is 30.0 Å². The Morgan fingerprint density at radius 3 is 0.635 bits per heavy atom. The van der Waals surface area contributed by atoms with Gasteiger partial charge in [-0.15, -0.1) is 0 Å². The van der Waals surface area contributed by atoms with E-state index in [-0.39, 0.29) is 17.8 Å². The number of hydrogen-bond acceptors (Lipinski definition) is 7. The third kappa shape index (κ3) is 5.98. The van der Waals surface area contributed by atoms with Crippen molar-refractivity contribution < 1.29 is 0 Å². The highest BCUT2D eigenvalue weighted by Gasteiger charge is 2.40. The maximum absolute atomic E-state index is 5.22. The maximum Gasteiger partial charge on any atom is 0.243 e. The van der Waals surface area contributed by atoms with Gasteiger partial charge in [-0.25, -0.2) is 4.90 Å². The molecular weight excluding hydrogens is 639 g/mol. The van der Waals surface area contributed by atoms with Crippen LogP contribution in [0.4, 0.5) is 0 Å². The molecule has 6 aromatic carbocycles. The average molecular weight is 672 g/mol. The lowest BCUT2D eigenvalue weighted by atomic mass is 9.89. The molecule has 0 saturated carbocycles. The zero-order chi connectivity index (χ0) is 34.7. The fourth-order valence-corrected chi connectivity index (χ4v) is 7.07. The summed E-state index contributed by atoms with van der Waals surface area (Å²) in [5, 5.41) is 0.